The van der Waals surface area contributed by atoms with E-state index in [1.807, 2.05) is 0 Å². The highest BCUT2D eigenvalue weighted by Crippen LogP contribution is 2.39. The van der Waals surface area contributed by atoms with Gasteiger partial charge in [-0.05, 0) is 34.9 Å². The number of carbonyl (C=O) groups is 1. The Labute approximate surface area is 117 Å². The number of rotatable bonds is 3. The van der Waals surface area contributed by atoms with Gasteiger partial charge in [-0.2, -0.15) is 13.2 Å². The van der Waals surface area contributed by atoms with Crippen LogP contribution in [0.15, 0.2) is 42.5 Å². The van der Waals surface area contributed by atoms with Crippen LogP contribution in [-0.4, -0.2) is 11.1 Å². The smallest absolute Gasteiger partial charge is 0.417 e. The molecule has 0 heterocycles. The molecule has 2 aromatic carbocycles. The van der Waals surface area contributed by atoms with Crippen molar-refractivity contribution in [2.24, 2.45) is 0 Å². The quantitative estimate of drug-likeness (QED) is 0.865. The summed E-state index contributed by atoms with van der Waals surface area (Å²) in [5, 5.41) is 8.83. The van der Waals surface area contributed by atoms with E-state index in [1.54, 1.807) is 0 Å². The highest BCUT2D eigenvalue weighted by atomic mass is 19.4. The van der Waals surface area contributed by atoms with Gasteiger partial charge in [0.15, 0.2) is 0 Å². The van der Waals surface area contributed by atoms with E-state index in [-0.39, 0.29) is 16.7 Å². The average molecular weight is 298 g/mol. The van der Waals surface area contributed by atoms with Gasteiger partial charge >= 0.3 is 12.1 Å². The van der Waals surface area contributed by atoms with Crippen LogP contribution in [0.4, 0.5) is 17.6 Å². The summed E-state index contributed by atoms with van der Waals surface area (Å²) in [5.74, 6) is -1.82. The first-order valence-corrected chi connectivity index (χ1v) is 5.96. The average Bonchev–Trinajstić information content (AvgIpc) is 2.38. The monoisotopic (exact) mass is 298 g/mol. The minimum atomic E-state index is -4.63. The van der Waals surface area contributed by atoms with E-state index in [0.29, 0.717) is 0 Å². The summed E-state index contributed by atoms with van der Waals surface area (Å²) in [4.78, 5) is 10.8. The molecule has 110 valence electrons. The standard InChI is InChI=1S/C15H10F4O2/c16-11-6-4-9(5-7-11)14-10(8-13(20)21)2-1-3-12(14)15(17,18)19/h1-7H,8H2,(H,20,21). The first kappa shape index (κ1) is 15.0. The fraction of sp³-hybridized carbons (Fsp3) is 0.133. The predicted octanol–water partition coefficient (Wildman–Crippen LogP) is 4.14. The summed E-state index contributed by atoms with van der Waals surface area (Å²) in [6.07, 6.45) is -5.17. The molecule has 21 heavy (non-hydrogen) atoms. The number of alkyl halides is 3. The molecule has 0 saturated carbocycles. The maximum absolute atomic E-state index is 13.1. The van der Waals surface area contributed by atoms with Crippen molar-refractivity contribution in [1.82, 2.24) is 0 Å². The Kier molecular flexibility index (Phi) is 3.97. The van der Waals surface area contributed by atoms with E-state index >= 15 is 0 Å². The first-order chi connectivity index (χ1) is 9.79. The predicted molar refractivity (Wildman–Crippen MR) is 68.2 cm³/mol. The van der Waals surface area contributed by atoms with Crippen molar-refractivity contribution in [1.29, 1.82) is 0 Å². The van der Waals surface area contributed by atoms with Gasteiger partial charge in [0.25, 0.3) is 0 Å². The molecule has 0 amide bonds. The molecule has 0 aliphatic heterocycles. The summed E-state index contributed by atoms with van der Waals surface area (Å²) in [5.41, 5.74) is -1.01. The molecule has 2 nitrogen and oxygen atoms in total. The number of hydrogen-bond acceptors (Lipinski definition) is 1. The van der Waals surface area contributed by atoms with Crippen LogP contribution >= 0.6 is 0 Å². The lowest BCUT2D eigenvalue weighted by Gasteiger charge is -2.16. The summed E-state index contributed by atoms with van der Waals surface area (Å²) in [7, 11) is 0. The molecular weight excluding hydrogens is 288 g/mol. The van der Waals surface area contributed by atoms with Crippen molar-refractivity contribution in [3.63, 3.8) is 0 Å². The topological polar surface area (TPSA) is 37.3 Å². The zero-order valence-corrected chi connectivity index (χ0v) is 10.6. The van der Waals surface area contributed by atoms with E-state index in [0.717, 1.165) is 24.3 Å². The van der Waals surface area contributed by atoms with Crippen LogP contribution in [0.2, 0.25) is 0 Å². The number of carboxylic acid groups (broad SMARTS) is 1. The van der Waals surface area contributed by atoms with Gasteiger partial charge in [0.05, 0.1) is 12.0 Å². The molecule has 0 spiro atoms. The second-order valence-corrected chi connectivity index (χ2v) is 4.41. The van der Waals surface area contributed by atoms with Gasteiger partial charge in [-0.1, -0.05) is 24.3 Å². The van der Waals surface area contributed by atoms with Crippen LogP contribution in [0.25, 0.3) is 11.1 Å². The Morgan fingerprint density at radius 3 is 2.19 bits per heavy atom. The minimum Gasteiger partial charge on any atom is -0.481 e. The molecule has 0 atom stereocenters. The van der Waals surface area contributed by atoms with Crippen LogP contribution < -0.4 is 0 Å². The van der Waals surface area contributed by atoms with Crippen LogP contribution in [0.3, 0.4) is 0 Å². The third-order valence-corrected chi connectivity index (χ3v) is 2.93. The number of halogens is 4. The van der Waals surface area contributed by atoms with E-state index in [9.17, 15) is 22.4 Å². The number of hydrogen-bond donors (Lipinski definition) is 1. The van der Waals surface area contributed by atoms with Gasteiger partial charge in [-0.3, -0.25) is 4.79 Å². The summed E-state index contributed by atoms with van der Waals surface area (Å²) >= 11 is 0. The largest absolute Gasteiger partial charge is 0.481 e. The Morgan fingerprint density at radius 1 is 1.05 bits per heavy atom. The van der Waals surface area contributed by atoms with E-state index in [2.05, 4.69) is 0 Å². The van der Waals surface area contributed by atoms with E-state index < -0.39 is 29.9 Å². The molecule has 2 rings (SSSR count). The Hall–Kier alpha value is -2.37. The molecule has 0 aliphatic rings. The van der Waals surface area contributed by atoms with E-state index in [4.69, 9.17) is 5.11 Å². The third kappa shape index (κ3) is 3.39. The molecule has 0 aliphatic carbocycles. The van der Waals surface area contributed by atoms with Gasteiger partial charge < -0.3 is 5.11 Å². The second kappa shape index (κ2) is 5.55. The summed E-state index contributed by atoms with van der Waals surface area (Å²) in [6.45, 7) is 0. The molecular formula is C15H10F4O2. The Morgan fingerprint density at radius 2 is 1.67 bits per heavy atom. The highest BCUT2D eigenvalue weighted by Gasteiger charge is 2.34. The SMILES string of the molecule is O=C(O)Cc1cccc(C(F)(F)F)c1-c1ccc(F)cc1. The second-order valence-electron chi connectivity index (χ2n) is 4.41. The molecule has 0 saturated heterocycles. The molecule has 1 N–H and O–H groups in total. The van der Waals surface area contributed by atoms with Crippen LogP contribution in [0.1, 0.15) is 11.1 Å². The molecule has 0 radical (unpaired) electrons. The number of carboxylic acids is 1. The van der Waals surface area contributed by atoms with Crippen molar-refractivity contribution in [3.05, 3.63) is 59.4 Å². The van der Waals surface area contributed by atoms with Gasteiger partial charge in [-0.15, -0.1) is 0 Å². The zero-order chi connectivity index (χ0) is 15.6. The first-order valence-electron chi connectivity index (χ1n) is 5.96. The maximum atomic E-state index is 13.1. The maximum Gasteiger partial charge on any atom is 0.417 e. The molecule has 6 heteroatoms. The lowest BCUT2D eigenvalue weighted by molar-refractivity contribution is -0.138. The van der Waals surface area contributed by atoms with Crippen molar-refractivity contribution in [2.45, 2.75) is 12.6 Å². The number of aliphatic carboxylic acids is 1. The van der Waals surface area contributed by atoms with Gasteiger partial charge in [-0.25, -0.2) is 4.39 Å². The van der Waals surface area contributed by atoms with Crippen molar-refractivity contribution < 1.29 is 27.5 Å². The molecule has 2 aromatic rings. The van der Waals surface area contributed by atoms with Crippen molar-refractivity contribution in [3.8, 4) is 11.1 Å². The zero-order valence-electron chi connectivity index (χ0n) is 10.6. The van der Waals surface area contributed by atoms with Gasteiger partial charge in [0.1, 0.15) is 5.82 Å². The minimum absolute atomic E-state index is 0.0314. The van der Waals surface area contributed by atoms with Crippen LogP contribution in [-0.2, 0) is 17.4 Å². The van der Waals surface area contributed by atoms with Gasteiger partial charge in [0.2, 0.25) is 0 Å². The molecule has 0 aromatic heterocycles. The van der Waals surface area contributed by atoms with Gasteiger partial charge in [0, 0.05) is 0 Å². The Bertz CT molecular complexity index is 660. The third-order valence-electron chi connectivity index (χ3n) is 2.93. The van der Waals surface area contributed by atoms with Crippen molar-refractivity contribution in [2.75, 3.05) is 0 Å². The van der Waals surface area contributed by atoms with Crippen molar-refractivity contribution >= 4 is 5.97 Å². The van der Waals surface area contributed by atoms with Crippen LogP contribution in [0.5, 0.6) is 0 Å². The molecule has 0 bridgehead atoms. The molecule has 0 fully saturated rings. The fourth-order valence-electron chi connectivity index (χ4n) is 2.10. The number of benzene rings is 2. The van der Waals surface area contributed by atoms with E-state index in [1.165, 1.54) is 18.2 Å². The normalized spacial score (nSPS) is 11.4. The summed E-state index contributed by atoms with van der Waals surface area (Å²) in [6, 6.07) is 7.83. The lowest BCUT2D eigenvalue weighted by Crippen LogP contribution is -2.11. The molecule has 0 unspecified atom stereocenters. The Balaban J connectivity index is 2.69. The fourth-order valence-corrected chi connectivity index (χ4v) is 2.10. The highest BCUT2D eigenvalue weighted by molar-refractivity contribution is 5.78. The summed E-state index contributed by atoms with van der Waals surface area (Å²) < 4.78 is 52.3. The van der Waals surface area contributed by atoms with Crippen LogP contribution in [0, 0.1) is 5.82 Å². The lowest BCUT2D eigenvalue weighted by atomic mass is 9.92.